The molecular weight excluding hydrogens is 582 g/mol. The Bertz CT molecular complexity index is 1190. The summed E-state index contributed by atoms with van der Waals surface area (Å²) >= 11 is 8.11. The number of unbranched alkanes of at least 4 members (excludes halogenated alkanes) is 4. The number of rotatable bonds is 15. The van der Waals surface area contributed by atoms with Gasteiger partial charge in [0.2, 0.25) is 5.91 Å². The van der Waals surface area contributed by atoms with Crippen molar-refractivity contribution in [1.82, 2.24) is 10.2 Å². The Morgan fingerprint density at radius 3 is 2.14 bits per heavy atom. The van der Waals surface area contributed by atoms with Crippen LogP contribution in [0.25, 0.3) is 0 Å². The van der Waals surface area contributed by atoms with Gasteiger partial charge in [0.15, 0.2) is 0 Å². The van der Waals surface area contributed by atoms with Gasteiger partial charge >= 0.3 is 6.09 Å². The van der Waals surface area contributed by atoms with Crippen LogP contribution in [0.5, 0.6) is 0 Å². The van der Waals surface area contributed by atoms with Gasteiger partial charge in [0.05, 0.1) is 10.7 Å². The number of thioether (sulfide) groups is 1. The van der Waals surface area contributed by atoms with E-state index in [2.05, 4.69) is 17.6 Å². The monoisotopic (exact) mass is 631 g/mol. The fourth-order valence-corrected chi connectivity index (χ4v) is 5.80. The summed E-state index contributed by atoms with van der Waals surface area (Å²) in [6, 6.07) is 9.51. The lowest BCUT2D eigenvalue weighted by atomic mass is 9.93. The van der Waals surface area contributed by atoms with E-state index in [0.717, 1.165) is 54.4 Å². The second-order valence-corrected chi connectivity index (χ2v) is 13.4. The number of nitrogens with zero attached hydrogens (tertiary/aromatic N) is 1. The van der Waals surface area contributed by atoms with Gasteiger partial charge in [0, 0.05) is 6.54 Å². The minimum Gasteiger partial charge on any atom is -0.444 e. The van der Waals surface area contributed by atoms with Crippen LogP contribution in [0.4, 0.5) is 10.5 Å². The van der Waals surface area contributed by atoms with Crippen LogP contribution in [0, 0.1) is 20.8 Å². The minimum atomic E-state index is -0.937. The number of nitrogens with one attached hydrogen (secondary N) is 2. The molecule has 2 rings (SSSR count). The molecule has 2 unspecified atom stereocenters. The number of aryl methyl sites for hydroxylation is 3. The number of hydrogen-bond donors (Lipinski definition) is 2. The van der Waals surface area contributed by atoms with Crippen molar-refractivity contribution in [1.29, 1.82) is 0 Å². The van der Waals surface area contributed by atoms with E-state index >= 15 is 0 Å². The quantitative estimate of drug-likeness (QED) is 0.193. The summed E-state index contributed by atoms with van der Waals surface area (Å²) in [6.07, 6.45) is 6.61. The van der Waals surface area contributed by atoms with E-state index in [1.807, 2.05) is 57.4 Å². The van der Waals surface area contributed by atoms with Crippen molar-refractivity contribution in [2.45, 2.75) is 105 Å². The lowest BCUT2D eigenvalue weighted by Gasteiger charge is -2.36. The predicted molar refractivity (Wildman–Crippen MR) is 180 cm³/mol. The number of alkyl carbamates (subject to hydrolysis) is 1. The third kappa shape index (κ3) is 11.4. The van der Waals surface area contributed by atoms with E-state index in [0.29, 0.717) is 29.4 Å². The van der Waals surface area contributed by atoms with Gasteiger partial charge < -0.3 is 20.3 Å². The summed E-state index contributed by atoms with van der Waals surface area (Å²) < 4.78 is 5.52. The van der Waals surface area contributed by atoms with E-state index < -0.39 is 23.8 Å². The van der Waals surface area contributed by atoms with E-state index in [1.54, 1.807) is 43.5 Å². The van der Waals surface area contributed by atoms with E-state index in [1.165, 1.54) is 0 Å². The van der Waals surface area contributed by atoms with Crippen LogP contribution in [0.2, 0.25) is 5.02 Å². The van der Waals surface area contributed by atoms with E-state index in [4.69, 9.17) is 16.3 Å². The first-order valence-corrected chi connectivity index (χ1v) is 17.0. The second kappa shape index (κ2) is 17.6. The molecule has 2 aromatic carbocycles. The van der Waals surface area contributed by atoms with Crippen molar-refractivity contribution < 1.29 is 19.1 Å². The Labute approximate surface area is 267 Å². The molecular formula is C34H50ClN3O4S. The number of carbonyl (C=O) groups is 3. The third-order valence-corrected chi connectivity index (χ3v) is 8.19. The maximum Gasteiger partial charge on any atom is 0.408 e. The first-order valence-electron chi connectivity index (χ1n) is 15.2. The lowest BCUT2D eigenvalue weighted by Crippen LogP contribution is -2.53. The lowest BCUT2D eigenvalue weighted by molar-refractivity contribution is -0.141. The SMILES string of the molecule is CCCCCCCN(C(=O)C(CCSC)NC(=O)OC(C)(C)C)C(C(=O)Nc1c(C)cccc1Cl)c1c(C)cccc1C. The first-order chi connectivity index (χ1) is 20.3. The standard InChI is InChI=1S/C34H50ClN3O4S/c1-9-10-11-12-13-21-38(32(40)27(20-22-43-8)36-33(41)42-34(5,6)7)30(28-23(2)16-14-17-24(28)3)31(39)37-29-25(4)18-15-19-26(29)35/h14-19,27,30H,9-13,20-22H2,1-8H3,(H,36,41)(H,37,39). The largest absolute Gasteiger partial charge is 0.444 e. The molecule has 0 heterocycles. The van der Waals surface area contributed by atoms with Crippen LogP contribution in [0.3, 0.4) is 0 Å². The molecule has 2 N–H and O–H groups in total. The highest BCUT2D eigenvalue weighted by atomic mass is 35.5. The number of anilines is 1. The molecule has 0 aromatic heterocycles. The second-order valence-electron chi connectivity index (χ2n) is 12.1. The Morgan fingerprint density at radius 1 is 0.953 bits per heavy atom. The maximum absolute atomic E-state index is 14.5. The number of benzene rings is 2. The van der Waals surface area contributed by atoms with Crippen LogP contribution in [0.15, 0.2) is 36.4 Å². The summed E-state index contributed by atoms with van der Waals surface area (Å²) in [5.41, 5.74) is 3.20. The van der Waals surface area contributed by atoms with Crippen LogP contribution in [-0.2, 0) is 14.3 Å². The molecule has 0 aliphatic heterocycles. The van der Waals surface area contributed by atoms with Gasteiger partial charge in [-0.15, -0.1) is 0 Å². The van der Waals surface area contributed by atoms with Crippen molar-refractivity contribution in [3.8, 4) is 0 Å². The smallest absolute Gasteiger partial charge is 0.408 e. The Balaban J connectivity index is 2.63. The molecule has 0 saturated carbocycles. The van der Waals surface area contributed by atoms with E-state index in [9.17, 15) is 14.4 Å². The minimum absolute atomic E-state index is 0.311. The zero-order chi connectivity index (χ0) is 32.2. The molecule has 3 amide bonds. The van der Waals surface area contributed by atoms with Crippen LogP contribution >= 0.6 is 23.4 Å². The Hall–Kier alpha value is -2.71. The predicted octanol–water partition coefficient (Wildman–Crippen LogP) is 8.39. The van der Waals surface area contributed by atoms with Crippen molar-refractivity contribution in [3.63, 3.8) is 0 Å². The molecule has 0 radical (unpaired) electrons. The molecule has 0 fully saturated rings. The molecule has 238 valence electrons. The molecule has 0 aliphatic carbocycles. The molecule has 0 aliphatic rings. The van der Waals surface area contributed by atoms with Gasteiger partial charge in [-0.05, 0) is 94.7 Å². The molecule has 7 nitrogen and oxygen atoms in total. The highest BCUT2D eigenvalue weighted by Crippen LogP contribution is 2.33. The molecule has 2 atom stereocenters. The van der Waals surface area contributed by atoms with Gasteiger partial charge in [0.25, 0.3) is 5.91 Å². The maximum atomic E-state index is 14.5. The molecule has 2 aromatic rings. The average Bonchev–Trinajstić information content (AvgIpc) is 2.92. The van der Waals surface area contributed by atoms with Gasteiger partial charge in [-0.2, -0.15) is 11.8 Å². The van der Waals surface area contributed by atoms with Crippen LogP contribution in [0.1, 0.15) is 94.5 Å². The van der Waals surface area contributed by atoms with Gasteiger partial charge in [0.1, 0.15) is 17.7 Å². The number of para-hydroxylation sites is 1. The Morgan fingerprint density at radius 2 is 1.56 bits per heavy atom. The summed E-state index contributed by atoms with van der Waals surface area (Å²) in [5, 5.41) is 6.30. The number of ether oxygens (including phenoxy) is 1. The molecule has 43 heavy (non-hydrogen) atoms. The van der Waals surface area contributed by atoms with Crippen LogP contribution in [-0.4, -0.2) is 53.0 Å². The molecule has 0 bridgehead atoms. The Kier molecular flexibility index (Phi) is 14.9. The molecule has 0 saturated heterocycles. The van der Waals surface area contributed by atoms with Gasteiger partial charge in [-0.25, -0.2) is 4.79 Å². The number of amides is 3. The number of carbonyl (C=O) groups excluding carboxylic acids is 3. The zero-order valence-electron chi connectivity index (χ0n) is 27.1. The highest BCUT2D eigenvalue weighted by molar-refractivity contribution is 7.98. The average molecular weight is 632 g/mol. The molecule has 0 spiro atoms. The fourth-order valence-electron chi connectivity index (χ4n) is 5.06. The number of halogens is 1. The normalized spacial score (nSPS) is 12.8. The third-order valence-electron chi connectivity index (χ3n) is 7.23. The number of hydrogen-bond acceptors (Lipinski definition) is 5. The summed E-state index contributed by atoms with van der Waals surface area (Å²) in [4.78, 5) is 43.5. The zero-order valence-corrected chi connectivity index (χ0v) is 28.7. The van der Waals surface area contributed by atoms with Crippen molar-refractivity contribution in [3.05, 3.63) is 63.7 Å². The highest BCUT2D eigenvalue weighted by Gasteiger charge is 2.37. The van der Waals surface area contributed by atoms with Crippen molar-refractivity contribution in [2.24, 2.45) is 0 Å². The van der Waals surface area contributed by atoms with Crippen LogP contribution < -0.4 is 10.6 Å². The first kappa shape index (κ1) is 36.5. The summed E-state index contributed by atoms with van der Waals surface area (Å²) in [7, 11) is 0. The molecule has 9 heteroatoms. The van der Waals surface area contributed by atoms with Gasteiger partial charge in [-0.3, -0.25) is 9.59 Å². The topological polar surface area (TPSA) is 87.7 Å². The van der Waals surface area contributed by atoms with Crippen molar-refractivity contribution >= 4 is 47.0 Å². The summed E-state index contributed by atoms with van der Waals surface area (Å²) in [6.45, 7) is 13.7. The summed E-state index contributed by atoms with van der Waals surface area (Å²) in [5.74, 6) is -0.0132. The van der Waals surface area contributed by atoms with E-state index in [-0.39, 0.29) is 11.8 Å². The van der Waals surface area contributed by atoms with Gasteiger partial charge in [-0.1, -0.05) is 74.5 Å². The fraction of sp³-hybridized carbons (Fsp3) is 0.559. The van der Waals surface area contributed by atoms with Crippen molar-refractivity contribution in [2.75, 3.05) is 23.9 Å².